The molecule has 1 saturated heterocycles. The van der Waals surface area contributed by atoms with E-state index in [1.165, 1.54) is 0 Å². The highest BCUT2D eigenvalue weighted by Crippen LogP contribution is 2.32. The minimum absolute atomic E-state index is 0.470. The van der Waals surface area contributed by atoms with Crippen molar-refractivity contribution >= 4 is 15.7 Å². The number of hydrogen-bond acceptors (Lipinski definition) is 1. The van der Waals surface area contributed by atoms with E-state index in [9.17, 15) is 0 Å². The molecule has 8 heavy (non-hydrogen) atoms. The van der Waals surface area contributed by atoms with Crippen LogP contribution in [0.15, 0.2) is 0 Å². The molecule has 44 valence electrons. The topological polar surface area (TPSA) is 9.23 Å². The van der Waals surface area contributed by atoms with Gasteiger partial charge in [0, 0.05) is 0 Å². The summed E-state index contributed by atoms with van der Waals surface area (Å²) in [6.45, 7) is 4.22. The highest BCUT2D eigenvalue weighted by atomic mass is 16.5. The Morgan fingerprint density at radius 2 is 2.00 bits per heavy atom. The van der Waals surface area contributed by atoms with E-state index in [1.54, 1.807) is 0 Å². The largest absolute Gasteiger partial charge is 0.381 e. The van der Waals surface area contributed by atoms with E-state index in [4.69, 9.17) is 4.74 Å². The van der Waals surface area contributed by atoms with Crippen molar-refractivity contribution in [3.05, 3.63) is 0 Å². The summed E-state index contributed by atoms with van der Waals surface area (Å²) in [6, 6.07) is 0. The summed E-state index contributed by atoms with van der Waals surface area (Å²) in [7, 11) is 4.53. The average molecular weight is 110 g/mol. The molecule has 0 bridgehead atoms. The van der Waals surface area contributed by atoms with Crippen molar-refractivity contribution in [2.24, 2.45) is 5.92 Å². The molecular formula is C5H12B2O. The zero-order chi connectivity index (χ0) is 6.20. The fourth-order valence-electron chi connectivity index (χ4n) is 0.736. The quantitative estimate of drug-likeness (QED) is 0.394. The van der Waals surface area contributed by atoms with Gasteiger partial charge < -0.3 is 4.74 Å². The minimum Gasteiger partial charge on any atom is -0.381 e. The van der Waals surface area contributed by atoms with Gasteiger partial charge in [0.15, 0.2) is 0 Å². The second kappa shape index (κ2) is 1.80. The van der Waals surface area contributed by atoms with Gasteiger partial charge in [-0.05, 0) is 5.92 Å². The Kier molecular flexibility index (Phi) is 1.40. The standard InChI is InChI=1S/C5H12B2O/c1-5(6,7)4-2-8-3-4/h4H,2-3,6-7H2,1H3. The molecule has 1 aliphatic heterocycles. The van der Waals surface area contributed by atoms with Crippen molar-refractivity contribution in [3.63, 3.8) is 0 Å². The van der Waals surface area contributed by atoms with Crippen LogP contribution in [-0.2, 0) is 4.74 Å². The lowest BCUT2D eigenvalue weighted by molar-refractivity contribution is -0.0387. The lowest BCUT2D eigenvalue weighted by Gasteiger charge is -2.37. The second-order valence-electron chi connectivity index (χ2n) is 3.60. The molecule has 0 saturated carbocycles. The van der Waals surface area contributed by atoms with Gasteiger partial charge in [0.25, 0.3) is 0 Å². The summed E-state index contributed by atoms with van der Waals surface area (Å²) >= 11 is 0. The maximum atomic E-state index is 5.06. The number of ether oxygens (including phenoxy) is 1. The Morgan fingerprint density at radius 3 is 2.00 bits per heavy atom. The summed E-state index contributed by atoms with van der Waals surface area (Å²) in [5, 5.41) is 0.470. The Morgan fingerprint density at radius 1 is 1.50 bits per heavy atom. The fraction of sp³-hybridized carbons (Fsp3) is 1.00. The molecule has 1 fully saturated rings. The Hall–Kier alpha value is 0.0899. The molecule has 1 nitrogen and oxygen atoms in total. The van der Waals surface area contributed by atoms with Gasteiger partial charge in [0.1, 0.15) is 0 Å². The van der Waals surface area contributed by atoms with Gasteiger partial charge in [-0.1, -0.05) is 12.1 Å². The predicted molar refractivity (Wildman–Crippen MR) is 39.8 cm³/mol. The van der Waals surface area contributed by atoms with Gasteiger partial charge in [-0.15, -0.1) is 0 Å². The van der Waals surface area contributed by atoms with Crippen LogP contribution in [0.25, 0.3) is 0 Å². The van der Waals surface area contributed by atoms with Gasteiger partial charge in [0.2, 0.25) is 0 Å². The molecule has 0 spiro atoms. The van der Waals surface area contributed by atoms with E-state index in [0.717, 1.165) is 19.1 Å². The van der Waals surface area contributed by atoms with E-state index in [-0.39, 0.29) is 0 Å². The SMILES string of the molecule is BC(B)(C)C1COC1. The number of rotatable bonds is 1. The molecular weight excluding hydrogens is 97.7 g/mol. The maximum Gasteiger partial charge on any atom is 0.0994 e. The van der Waals surface area contributed by atoms with Crippen LogP contribution in [0, 0.1) is 5.92 Å². The van der Waals surface area contributed by atoms with E-state index in [1.807, 2.05) is 0 Å². The number of hydrogen-bond donors (Lipinski definition) is 0. The third-order valence-corrected chi connectivity index (χ3v) is 1.86. The van der Waals surface area contributed by atoms with Crippen LogP contribution in [0.5, 0.6) is 0 Å². The first-order chi connectivity index (χ1) is 3.61. The Balaban J connectivity index is 2.34. The summed E-state index contributed by atoms with van der Waals surface area (Å²) < 4.78 is 5.06. The van der Waals surface area contributed by atoms with Crippen molar-refractivity contribution in [3.8, 4) is 0 Å². The molecule has 0 aromatic carbocycles. The van der Waals surface area contributed by atoms with Crippen LogP contribution in [0.3, 0.4) is 0 Å². The zero-order valence-electron chi connectivity index (χ0n) is 5.90. The molecule has 0 aromatic rings. The van der Waals surface area contributed by atoms with Crippen LogP contribution in [0.2, 0.25) is 5.21 Å². The van der Waals surface area contributed by atoms with Crippen LogP contribution < -0.4 is 0 Å². The average Bonchev–Trinajstić information content (AvgIpc) is 1.16. The molecule has 1 aliphatic rings. The van der Waals surface area contributed by atoms with Crippen molar-refractivity contribution in [2.45, 2.75) is 12.1 Å². The van der Waals surface area contributed by atoms with E-state index < -0.39 is 0 Å². The van der Waals surface area contributed by atoms with Crippen molar-refractivity contribution in [1.82, 2.24) is 0 Å². The zero-order valence-corrected chi connectivity index (χ0v) is 5.90. The van der Waals surface area contributed by atoms with Crippen molar-refractivity contribution in [2.75, 3.05) is 13.2 Å². The van der Waals surface area contributed by atoms with Gasteiger partial charge in [-0.3, -0.25) is 0 Å². The molecule has 0 aliphatic carbocycles. The first-order valence-electron chi connectivity index (χ1n) is 3.18. The Bertz CT molecular complexity index is 82.9. The molecule has 1 rings (SSSR count). The van der Waals surface area contributed by atoms with E-state index >= 15 is 0 Å². The predicted octanol–water partition coefficient (Wildman–Crippen LogP) is -0.965. The van der Waals surface area contributed by atoms with Gasteiger partial charge >= 0.3 is 0 Å². The lowest BCUT2D eigenvalue weighted by Crippen LogP contribution is -2.37. The minimum atomic E-state index is 0.470. The first-order valence-corrected chi connectivity index (χ1v) is 3.18. The molecule has 0 amide bonds. The highest BCUT2D eigenvalue weighted by molar-refractivity contribution is 6.39. The van der Waals surface area contributed by atoms with Crippen LogP contribution in [0.4, 0.5) is 0 Å². The first kappa shape index (κ1) is 6.21. The smallest absolute Gasteiger partial charge is 0.0994 e. The molecule has 0 unspecified atom stereocenters. The summed E-state index contributed by atoms with van der Waals surface area (Å²) in [4.78, 5) is 0. The fourth-order valence-corrected chi connectivity index (χ4v) is 0.736. The van der Waals surface area contributed by atoms with Gasteiger partial charge in [0.05, 0.1) is 28.9 Å². The summed E-state index contributed by atoms with van der Waals surface area (Å²) in [6.07, 6.45) is 0. The maximum absolute atomic E-state index is 5.06. The molecule has 0 atom stereocenters. The lowest BCUT2D eigenvalue weighted by atomic mass is 9.49. The normalized spacial score (nSPS) is 22.6. The third-order valence-electron chi connectivity index (χ3n) is 1.86. The molecule has 0 radical (unpaired) electrons. The van der Waals surface area contributed by atoms with E-state index in [0.29, 0.717) is 5.21 Å². The molecule has 0 aromatic heterocycles. The van der Waals surface area contributed by atoms with Crippen molar-refractivity contribution < 1.29 is 4.74 Å². The summed E-state index contributed by atoms with van der Waals surface area (Å²) in [5.41, 5.74) is 0. The third kappa shape index (κ3) is 1.08. The Labute approximate surface area is 52.6 Å². The van der Waals surface area contributed by atoms with Crippen LogP contribution >= 0.6 is 0 Å². The summed E-state index contributed by atoms with van der Waals surface area (Å²) in [5.74, 6) is 0.808. The van der Waals surface area contributed by atoms with E-state index in [2.05, 4.69) is 22.6 Å². The van der Waals surface area contributed by atoms with Gasteiger partial charge in [-0.2, -0.15) is 0 Å². The molecule has 1 heterocycles. The monoisotopic (exact) mass is 110 g/mol. The highest BCUT2D eigenvalue weighted by Gasteiger charge is 2.30. The molecule has 0 N–H and O–H groups in total. The van der Waals surface area contributed by atoms with Gasteiger partial charge in [-0.25, -0.2) is 0 Å². The van der Waals surface area contributed by atoms with Crippen molar-refractivity contribution in [1.29, 1.82) is 0 Å². The van der Waals surface area contributed by atoms with Crippen LogP contribution in [-0.4, -0.2) is 28.9 Å². The molecule has 3 heteroatoms. The second-order valence-corrected chi connectivity index (χ2v) is 3.60. The van der Waals surface area contributed by atoms with Crippen LogP contribution in [0.1, 0.15) is 6.92 Å².